The number of halogens is 1. The highest BCUT2D eigenvalue weighted by Gasteiger charge is 2.19. The van der Waals surface area contributed by atoms with Gasteiger partial charge in [-0.05, 0) is 31.0 Å². The molecule has 0 spiro atoms. The Kier molecular flexibility index (Phi) is 4.14. The predicted octanol–water partition coefficient (Wildman–Crippen LogP) is 3.81. The van der Waals surface area contributed by atoms with Gasteiger partial charge < -0.3 is 5.73 Å². The number of nitrogens with two attached hydrogens (primary N) is 1. The summed E-state index contributed by atoms with van der Waals surface area (Å²) in [5.41, 5.74) is 7.29. The SMILES string of the molecule is CCCC[C@@](C)(N)c1cccc(Br)c1. The van der Waals surface area contributed by atoms with E-state index >= 15 is 0 Å². The first-order valence-corrected chi connectivity index (χ1v) is 5.90. The molecule has 2 heteroatoms. The number of unbranched alkanes of at least 4 members (excludes halogenated alkanes) is 1. The minimum atomic E-state index is -0.195. The van der Waals surface area contributed by atoms with Crippen LogP contribution in [0.5, 0.6) is 0 Å². The standard InChI is InChI=1S/C12H18BrN/c1-3-4-8-12(2,14)10-6-5-7-11(13)9-10/h5-7,9H,3-4,8,14H2,1-2H3/t12-/m1/s1. The normalized spacial score (nSPS) is 15.1. The van der Waals surface area contributed by atoms with Gasteiger partial charge in [-0.15, -0.1) is 0 Å². The van der Waals surface area contributed by atoms with Gasteiger partial charge in [0.05, 0.1) is 0 Å². The maximum absolute atomic E-state index is 6.27. The van der Waals surface area contributed by atoms with Gasteiger partial charge >= 0.3 is 0 Å². The quantitative estimate of drug-likeness (QED) is 0.870. The van der Waals surface area contributed by atoms with Crippen LogP contribution in [0.15, 0.2) is 28.7 Å². The summed E-state index contributed by atoms with van der Waals surface area (Å²) in [5, 5.41) is 0. The number of hydrogen-bond acceptors (Lipinski definition) is 1. The van der Waals surface area contributed by atoms with E-state index in [0.717, 1.165) is 10.9 Å². The van der Waals surface area contributed by atoms with Crippen LogP contribution in [0.2, 0.25) is 0 Å². The second kappa shape index (κ2) is 4.94. The van der Waals surface area contributed by atoms with Gasteiger partial charge in [-0.3, -0.25) is 0 Å². The Labute approximate surface area is 94.8 Å². The average molecular weight is 256 g/mol. The van der Waals surface area contributed by atoms with Crippen LogP contribution in [0.3, 0.4) is 0 Å². The van der Waals surface area contributed by atoms with Crippen LogP contribution in [0.4, 0.5) is 0 Å². The predicted molar refractivity (Wildman–Crippen MR) is 65.2 cm³/mol. The zero-order valence-electron chi connectivity index (χ0n) is 8.89. The summed E-state index contributed by atoms with van der Waals surface area (Å²) in [4.78, 5) is 0. The molecule has 78 valence electrons. The van der Waals surface area contributed by atoms with Crippen LogP contribution < -0.4 is 5.73 Å². The lowest BCUT2D eigenvalue weighted by Crippen LogP contribution is -2.32. The Bertz CT molecular complexity index is 294. The van der Waals surface area contributed by atoms with Crippen LogP contribution in [-0.4, -0.2) is 0 Å². The number of hydrogen-bond donors (Lipinski definition) is 1. The summed E-state index contributed by atoms with van der Waals surface area (Å²) in [6, 6.07) is 8.27. The van der Waals surface area contributed by atoms with E-state index in [4.69, 9.17) is 5.73 Å². The molecule has 1 aromatic carbocycles. The first kappa shape index (κ1) is 11.7. The molecule has 0 unspecified atom stereocenters. The summed E-state index contributed by atoms with van der Waals surface area (Å²) < 4.78 is 1.10. The first-order valence-electron chi connectivity index (χ1n) is 5.11. The minimum absolute atomic E-state index is 0.195. The van der Waals surface area contributed by atoms with Crippen molar-refractivity contribution in [1.29, 1.82) is 0 Å². The molecule has 0 radical (unpaired) electrons. The Hall–Kier alpha value is -0.340. The fourth-order valence-electron chi connectivity index (χ4n) is 1.53. The number of benzene rings is 1. The lowest BCUT2D eigenvalue weighted by molar-refractivity contribution is 0.433. The Morgan fingerprint density at radius 3 is 2.71 bits per heavy atom. The first-order chi connectivity index (χ1) is 6.56. The maximum atomic E-state index is 6.27. The van der Waals surface area contributed by atoms with Crippen LogP contribution in [0.1, 0.15) is 38.7 Å². The lowest BCUT2D eigenvalue weighted by Gasteiger charge is -2.25. The Balaban J connectivity index is 2.80. The van der Waals surface area contributed by atoms with Crippen LogP contribution in [0.25, 0.3) is 0 Å². The molecule has 0 saturated heterocycles. The van der Waals surface area contributed by atoms with Crippen molar-refractivity contribution in [3.63, 3.8) is 0 Å². The van der Waals surface area contributed by atoms with E-state index in [-0.39, 0.29) is 5.54 Å². The van der Waals surface area contributed by atoms with Crippen molar-refractivity contribution in [3.05, 3.63) is 34.3 Å². The van der Waals surface area contributed by atoms with E-state index < -0.39 is 0 Å². The van der Waals surface area contributed by atoms with E-state index in [9.17, 15) is 0 Å². The second-order valence-electron chi connectivity index (χ2n) is 4.03. The molecule has 1 nitrogen and oxygen atoms in total. The molecular weight excluding hydrogens is 238 g/mol. The summed E-state index contributed by atoms with van der Waals surface area (Å²) in [5.74, 6) is 0. The molecule has 0 aromatic heterocycles. The third kappa shape index (κ3) is 3.10. The summed E-state index contributed by atoms with van der Waals surface area (Å²) in [6.45, 7) is 4.29. The highest BCUT2D eigenvalue weighted by atomic mass is 79.9. The monoisotopic (exact) mass is 255 g/mol. The third-order valence-corrected chi connectivity index (χ3v) is 3.03. The molecule has 14 heavy (non-hydrogen) atoms. The molecule has 0 fully saturated rings. The second-order valence-corrected chi connectivity index (χ2v) is 4.95. The lowest BCUT2D eigenvalue weighted by atomic mass is 9.88. The van der Waals surface area contributed by atoms with Crippen molar-refractivity contribution in [1.82, 2.24) is 0 Å². The smallest absolute Gasteiger partial charge is 0.0381 e. The molecule has 1 aromatic rings. The van der Waals surface area contributed by atoms with Crippen LogP contribution >= 0.6 is 15.9 Å². The Morgan fingerprint density at radius 1 is 1.43 bits per heavy atom. The topological polar surface area (TPSA) is 26.0 Å². The zero-order chi connectivity index (χ0) is 10.6. The maximum Gasteiger partial charge on any atom is 0.0381 e. The molecule has 1 atom stereocenters. The van der Waals surface area contributed by atoms with Crippen molar-refractivity contribution >= 4 is 15.9 Å². The number of rotatable bonds is 4. The van der Waals surface area contributed by atoms with Gasteiger partial charge in [-0.2, -0.15) is 0 Å². The molecule has 2 N–H and O–H groups in total. The fraction of sp³-hybridized carbons (Fsp3) is 0.500. The third-order valence-electron chi connectivity index (χ3n) is 2.53. The highest BCUT2D eigenvalue weighted by Crippen LogP contribution is 2.25. The molecule has 0 aliphatic carbocycles. The van der Waals surface area contributed by atoms with Gasteiger partial charge in [0.1, 0.15) is 0 Å². The van der Waals surface area contributed by atoms with Gasteiger partial charge in [0.15, 0.2) is 0 Å². The highest BCUT2D eigenvalue weighted by molar-refractivity contribution is 9.10. The van der Waals surface area contributed by atoms with Gasteiger partial charge in [-0.25, -0.2) is 0 Å². The molecule has 0 amide bonds. The molecule has 0 heterocycles. The van der Waals surface area contributed by atoms with Gasteiger partial charge in [-0.1, -0.05) is 47.8 Å². The van der Waals surface area contributed by atoms with Crippen molar-refractivity contribution in [3.8, 4) is 0 Å². The summed E-state index contributed by atoms with van der Waals surface area (Å²) in [6.07, 6.45) is 3.42. The van der Waals surface area contributed by atoms with E-state index in [1.807, 2.05) is 12.1 Å². The van der Waals surface area contributed by atoms with Crippen molar-refractivity contribution in [2.45, 2.75) is 38.6 Å². The Morgan fingerprint density at radius 2 is 2.14 bits per heavy atom. The molecule has 0 aliphatic rings. The molecule has 0 bridgehead atoms. The van der Waals surface area contributed by atoms with Crippen molar-refractivity contribution < 1.29 is 0 Å². The van der Waals surface area contributed by atoms with Crippen LogP contribution in [-0.2, 0) is 5.54 Å². The fourth-order valence-corrected chi connectivity index (χ4v) is 1.93. The zero-order valence-corrected chi connectivity index (χ0v) is 10.5. The summed E-state index contributed by atoms with van der Waals surface area (Å²) in [7, 11) is 0. The average Bonchev–Trinajstić information content (AvgIpc) is 2.15. The van der Waals surface area contributed by atoms with E-state index in [1.54, 1.807) is 0 Å². The van der Waals surface area contributed by atoms with Gasteiger partial charge in [0.2, 0.25) is 0 Å². The van der Waals surface area contributed by atoms with E-state index in [2.05, 4.69) is 41.9 Å². The van der Waals surface area contributed by atoms with Gasteiger partial charge in [0, 0.05) is 10.0 Å². The van der Waals surface area contributed by atoms with Crippen molar-refractivity contribution in [2.75, 3.05) is 0 Å². The molecule has 0 saturated carbocycles. The molecule has 1 rings (SSSR count). The largest absolute Gasteiger partial charge is 0.322 e. The van der Waals surface area contributed by atoms with Crippen LogP contribution in [0, 0.1) is 0 Å². The van der Waals surface area contributed by atoms with Gasteiger partial charge in [0.25, 0.3) is 0 Å². The molecule has 0 aliphatic heterocycles. The molecular formula is C12H18BrN. The van der Waals surface area contributed by atoms with E-state index in [1.165, 1.54) is 18.4 Å². The van der Waals surface area contributed by atoms with Crippen molar-refractivity contribution in [2.24, 2.45) is 5.73 Å². The summed E-state index contributed by atoms with van der Waals surface area (Å²) >= 11 is 3.47. The van der Waals surface area contributed by atoms with E-state index in [0.29, 0.717) is 0 Å². The minimum Gasteiger partial charge on any atom is -0.322 e.